The summed E-state index contributed by atoms with van der Waals surface area (Å²) in [6, 6.07) is 5.03. The zero-order valence-electron chi connectivity index (χ0n) is 12.5. The maximum atomic E-state index is 11.0. The largest absolute Gasteiger partial charge is 0.484 e. The highest BCUT2D eigenvalue weighted by atomic mass is 16.6. The van der Waals surface area contributed by atoms with Gasteiger partial charge in [-0.2, -0.15) is 0 Å². The van der Waals surface area contributed by atoms with Crippen LogP contribution in [0, 0.1) is 10.1 Å². The number of rotatable bonds is 9. The molecule has 1 aromatic rings. The first-order chi connectivity index (χ1) is 9.93. The van der Waals surface area contributed by atoms with Crippen molar-refractivity contribution in [1.82, 2.24) is 5.32 Å². The first kappa shape index (κ1) is 17.4. The van der Waals surface area contributed by atoms with Crippen molar-refractivity contribution in [3.63, 3.8) is 0 Å². The Morgan fingerprint density at radius 3 is 2.67 bits per heavy atom. The van der Waals surface area contributed by atoms with E-state index in [4.69, 9.17) is 9.47 Å². The van der Waals surface area contributed by atoms with E-state index in [1.54, 1.807) is 12.1 Å². The number of nitrogens with zero attached hydrogens (tertiary/aromatic N) is 1. The summed E-state index contributed by atoms with van der Waals surface area (Å²) in [5.74, 6) is 0.151. The van der Waals surface area contributed by atoms with E-state index in [0.717, 1.165) is 5.56 Å². The van der Waals surface area contributed by atoms with Gasteiger partial charge in [-0.05, 0) is 11.6 Å². The molecule has 0 amide bonds. The number of aliphatic hydroxyl groups is 1. The zero-order chi connectivity index (χ0) is 15.8. The summed E-state index contributed by atoms with van der Waals surface area (Å²) in [5.41, 5.74) is 0.762. The summed E-state index contributed by atoms with van der Waals surface area (Å²) in [6.45, 7) is 4.68. The van der Waals surface area contributed by atoms with Gasteiger partial charge in [0.25, 0.3) is 0 Å². The molecule has 1 rings (SSSR count). The highest BCUT2D eigenvalue weighted by Gasteiger charge is 2.17. The summed E-state index contributed by atoms with van der Waals surface area (Å²) < 4.78 is 10.1. The molecule has 7 heteroatoms. The van der Waals surface area contributed by atoms with Crippen LogP contribution >= 0.6 is 0 Å². The van der Waals surface area contributed by atoms with Gasteiger partial charge in [0.15, 0.2) is 5.75 Å². The van der Waals surface area contributed by atoms with Crippen molar-refractivity contribution in [1.29, 1.82) is 0 Å². The van der Waals surface area contributed by atoms with Crippen LogP contribution in [0.2, 0.25) is 0 Å². The molecule has 0 fully saturated rings. The van der Waals surface area contributed by atoms with Gasteiger partial charge in [0.05, 0.1) is 11.5 Å². The molecule has 0 bridgehead atoms. The lowest BCUT2D eigenvalue weighted by Crippen LogP contribution is -2.23. The number of hydrogen-bond donors (Lipinski definition) is 2. The number of benzene rings is 1. The Hall–Kier alpha value is -1.70. The normalized spacial score (nSPS) is 12.4. The maximum Gasteiger partial charge on any atom is 0.310 e. The molecule has 1 aromatic carbocycles. The Balaban J connectivity index is 2.80. The van der Waals surface area contributed by atoms with Crippen LogP contribution in [0.5, 0.6) is 5.75 Å². The lowest BCUT2D eigenvalue weighted by molar-refractivity contribution is -0.385. The predicted molar refractivity (Wildman–Crippen MR) is 78.4 cm³/mol. The molecule has 0 radical (unpaired) electrons. The quantitative estimate of drug-likeness (QED) is 0.530. The van der Waals surface area contributed by atoms with Crippen LogP contribution in [0.4, 0.5) is 5.69 Å². The standard InChI is InChI=1S/C14H22N2O5/c1-10(2)15-7-11-4-5-13(16(18)19)14(6-11)21-9-12(17)8-20-3/h4-6,10,12,15,17H,7-9H2,1-3H3. The molecule has 0 heterocycles. The van der Waals surface area contributed by atoms with Crippen LogP contribution < -0.4 is 10.1 Å². The van der Waals surface area contributed by atoms with Crippen LogP contribution in [-0.2, 0) is 11.3 Å². The summed E-state index contributed by atoms with van der Waals surface area (Å²) in [5, 5.41) is 23.8. The van der Waals surface area contributed by atoms with E-state index in [9.17, 15) is 15.2 Å². The molecule has 0 saturated carbocycles. The van der Waals surface area contributed by atoms with Gasteiger partial charge in [-0.3, -0.25) is 10.1 Å². The van der Waals surface area contributed by atoms with Crippen LogP contribution in [0.15, 0.2) is 18.2 Å². The van der Waals surface area contributed by atoms with Crippen LogP contribution in [0.3, 0.4) is 0 Å². The molecular formula is C14H22N2O5. The highest BCUT2D eigenvalue weighted by molar-refractivity contribution is 5.48. The molecule has 0 aliphatic rings. The first-order valence-corrected chi connectivity index (χ1v) is 6.74. The van der Waals surface area contributed by atoms with E-state index in [-0.39, 0.29) is 24.7 Å². The molecule has 21 heavy (non-hydrogen) atoms. The van der Waals surface area contributed by atoms with Gasteiger partial charge in [0.2, 0.25) is 0 Å². The van der Waals surface area contributed by atoms with Crippen LogP contribution in [-0.4, -0.2) is 42.5 Å². The van der Waals surface area contributed by atoms with Crippen molar-refractivity contribution in [2.45, 2.75) is 32.5 Å². The van der Waals surface area contributed by atoms with E-state index < -0.39 is 11.0 Å². The van der Waals surface area contributed by atoms with Gasteiger partial charge in [0, 0.05) is 25.8 Å². The van der Waals surface area contributed by atoms with Gasteiger partial charge in [-0.1, -0.05) is 19.9 Å². The molecule has 0 spiro atoms. The molecular weight excluding hydrogens is 276 g/mol. The zero-order valence-corrected chi connectivity index (χ0v) is 12.5. The topological polar surface area (TPSA) is 93.9 Å². The number of nitro groups is 1. The Bertz CT molecular complexity index is 465. The fraction of sp³-hybridized carbons (Fsp3) is 0.571. The van der Waals surface area contributed by atoms with Crippen molar-refractivity contribution in [2.24, 2.45) is 0 Å². The second-order valence-electron chi connectivity index (χ2n) is 5.01. The third-order valence-electron chi connectivity index (χ3n) is 2.73. The van der Waals surface area contributed by atoms with Crippen molar-refractivity contribution in [3.05, 3.63) is 33.9 Å². The predicted octanol–water partition coefficient (Wildman–Crippen LogP) is 1.48. The number of ether oxygens (including phenoxy) is 2. The van der Waals surface area contributed by atoms with Gasteiger partial charge >= 0.3 is 5.69 Å². The Morgan fingerprint density at radius 2 is 2.10 bits per heavy atom. The van der Waals surface area contributed by atoms with Gasteiger partial charge in [-0.15, -0.1) is 0 Å². The van der Waals surface area contributed by atoms with Crippen LogP contribution in [0.25, 0.3) is 0 Å². The van der Waals surface area contributed by atoms with E-state index in [1.807, 2.05) is 13.8 Å². The molecule has 0 saturated heterocycles. The molecule has 1 atom stereocenters. The minimum atomic E-state index is -0.827. The Kier molecular flexibility index (Phi) is 7.07. The molecule has 2 N–H and O–H groups in total. The smallest absolute Gasteiger partial charge is 0.310 e. The second-order valence-corrected chi connectivity index (χ2v) is 5.01. The number of nitro benzene ring substituents is 1. The summed E-state index contributed by atoms with van der Waals surface area (Å²) in [4.78, 5) is 10.5. The average molecular weight is 298 g/mol. The van der Waals surface area contributed by atoms with Crippen molar-refractivity contribution < 1.29 is 19.5 Å². The SMILES string of the molecule is COCC(O)COc1cc(CNC(C)C)ccc1[N+](=O)[O-]. The molecule has 118 valence electrons. The summed E-state index contributed by atoms with van der Waals surface area (Å²) >= 11 is 0. The van der Waals surface area contributed by atoms with Gasteiger partial charge in [-0.25, -0.2) is 0 Å². The maximum absolute atomic E-state index is 11.0. The average Bonchev–Trinajstić information content (AvgIpc) is 2.43. The molecule has 7 nitrogen and oxygen atoms in total. The molecule has 0 aromatic heterocycles. The van der Waals surface area contributed by atoms with Crippen molar-refractivity contribution in [2.75, 3.05) is 20.3 Å². The Morgan fingerprint density at radius 1 is 1.38 bits per heavy atom. The number of hydrogen-bond acceptors (Lipinski definition) is 6. The third kappa shape index (κ3) is 6.07. The van der Waals surface area contributed by atoms with Crippen molar-refractivity contribution in [3.8, 4) is 5.75 Å². The van der Waals surface area contributed by atoms with E-state index >= 15 is 0 Å². The van der Waals surface area contributed by atoms with E-state index in [0.29, 0.717) is 12.6 Å². The molecule has 0 aliphatic heterocycles. The van der Waals surface area contributed by atoms with Gasteiger partial charge in [0.1, 0.15) is 12.7 Å². The molecule has 0 aliphatic carbocycles. The fourth-order valence-electron chi connectivity index (χ4n) is 1.68. The van der Waals surface area contributed by atoms with E-state index in [1.165, 1.54) is 13.2 Å². The minimum absolute atomic E-state index is 0.0598. The minimum Gasteiger partial charge on any atom is -0.484 e. The fourth-order valence-corrected chi connectivity index (χ4v) is 1.68. The summed E-state index contributed by atoms with van der Waals surface area (Å²) in [7, 11) is 1.46. The number of aliphatic hydroxyl groups excluding tert-OH is 1. The number of nitrogens with one attached hydrogen (secondary N) is 1. The second kappa shape index (κ2) is 8.56. The summed E-state index contributed by atoms with van der Waals surface area (Å²) in [6.07, 6.45) is -0.827. The van der Waals surface area contributed by atoms with Gasteiger partial charge < -0.3 is 19.9 Å². The monoisotopic (exact) mass is 298 g/mol. The first-order valence-electron chi connectivity index (χ1n) is 6.74. The lowest BCUT2D eigenvalue weighted by atomic mass is 10.2. The van der Waals surface area contributed by atoms with E-state index in [2.05, 4.69) is 5.32 Å². The number of methoxy groups -OCH3 is 1. The third-order valence-corrected chi connectivity index (χ3v) is 2.73. The lowest BCUT2D eigenvalue weighted by Gasteiger charge is -2.13. The van der Waals surface area contributed by atoms with Crippen LogP contribution in [0.1, 0.15) is 19.4 Å². The Labute approximate surface area is 124 Å². The molecule has 1 unspecified atom stereocenters. The van der Waals surface area contributed by atoms with Crippen molar-refractivity contribution >= 4 is 5.69 Å². The highest BCUT2D eigenvalue weighted by Crippen LogP contribution is 2.28.